The molecule has 0 spiro atoms. The molecular weight excluding hydrogens is 282 g/mol. The van der Waals surface area contributed by atoms with E-state index in [1.54, 1.807) is 26.1 Å². The number of aromatic nitrogens is 2. The zero-order valence-electron chi connectivity index (χ0n) is 11.5. The fraction of sp³-hybridized carbons (Fsp3) is 0.417. The Bertz CT molecular complexity index is 700. The van der Waals surface area contributed by atoms with Crippen molar-refractivity contribution in [2.24, 2.45) is 7.05 Å². The van der Waals surface area contributed by atoms with Crippen LogP contribution in [0.4, 0.5) is 0 Å². The summed E-state index contributed by atoms with van der Waals surface area (Å²) in [6, 6.07) is 3.33. The van der Waals surface area contributed by atoms with E-state index in [2.05, 4.69) is 9.82 Å². The normalized spacial score (nSPS) is 15.2. The number of nitrogens with one attached hydrogen (secondary N) is 1. The predicted molar refractivity (Wildman–Crippen MR) is 71.4 cm³/mol. The maximum Gasteiger partial charge on any atom is 0.243 e. The van der Waals surface area contributed by atoms with E-state index in [0.29, 0.717) is 11.5 Å². The first kappa shape index (κ1) is 14.8. The number of aliphatic hydroxyl groups is 1. The SMILES string of the molecule is Cc1ccc([C@@](C)(O)CNS(=O)(=O)c2cnn(C)c2)o1. The highest BCUT2D eigenvalue weighted by atomic mass is 32.2. The third-order valence-electron chi connectivity index (χ3n) is 2.87. The van der Waals surface area contributed by atoms with Crippen LogP contribution in [-0.4, -0.2) is 29.8 Å². The maximum absolute atomic E-state index is 12.0. The Morgan fingerprint density at radius 3 is 2.70 bits per heavy atom. The second-order valence-electron chi connectivity index (χ2n) is 4.86. The number of aryl methyl sites for hydroxylation is 2. The van der Waals surface area contributed by atoms with E-state index in [1.807, 2.05) is 0 Å². The minimum Gasteiger partial charge on any atom is -0.463 e. The van der Waals surface area contributed by atoms with Crippen molar-refractivity contribution in [2.75, 3.05) is 6.54 Å². The number of hydrogen-bond donors (Lipinski definition) is 2. The number of hydrogen-bond acceptors (Lipinski definition) is 5. The van der Waals surface area contributed by atoms with Crippen molar-refractivity contribution in [1.82, 2.24) is 14.5 Å². The summed E-state index contributed by atoms with van der Waals surface area (Å²) in [5, 5.41) is 14.1. The van der Waals surface area contributed by atoms with Crippen LogP contribution in [0.5, 0.6) is 0 Å². The maximum atomic E-state index is 12.0. The second kappa shape index (κ2) is 5.04. The van der Waals surface area contributed by atoms with E-state index in [9.17, 15) is 13.5 Å². The van der Waals surface area contributed by atoms with Crippen molar-refractivity contribution >= 4 is 10.0 Å². The zero-order chi connectivity index (χ0) is 15.0. The van der Waals surface area contributed by atoms with Crippen LogP contribution in [0.1, 0.15) is 18.4 Å². The molecule has 0 fully saturated rings. The monoisotopic (exact) mass is 299 g/mol. The van der Waals surface area contributed by atoms with Crippen LogP contribution in [0, 0.1) is 6.92 Å². The Morgan fingerprint density at radius 1 is 1.50 bits per heavy atom. The lowest BCUT2D eigenvalue weighted by Crippen LogP contribution is -2.38. The molecule has 0 aliphatic carbocycles. The highest BCUT2D eigenvalue weighted by Crippen LogP contribution is 2.22. The summed E-state index contributed by atoms with van der Waals surface area (Å²) < 4.78 is 33.1. The van der Waals surface area contributed by atoms with Crippen molar-refractivity contribution in [3.05, 3.63) is 36.0 Å². The second-order valence-corrected chi connectivity index (χ2v) is 6.63. The molecule has 7 nitrogen and oxygen atoms in total. The summed E-state index contributed by atoms with van der Waals surface area (Å²) in [7, 11) is -2.08. The first-order valence-electron chi connectivity index (χ1n) is 5.98. The Labute approximate surface area is 117 Å². The lowest BCUT2D eigenvalue weighted by atomic mass is 10.1. The minimum atomic E-state index is -3.71. The average Bonchev–Trinajstić information content (AvgIpc) is 2.96. The molecule has 2 aromatic rings. The van der Waals surface area contributed by atoms with Crippen LogP contribution in [0.15, 0.2) is 33.8 Å². The van der Waals surface area contributed by atoms with E-state index < -0.39 is 15.6 Å². The topological polar surface area (TPSA) is 97.4 Å². The van der Waals surface area contributed by atoms with Crippen molar-refractivity contribution in [3.63, 3.8) is 0 Å². The molecule has 20 heavy (non-hydrogen) atoms. The number of furan rings is 1. The van der Waals surface area contributed by atoms with E-state index in [4.69, 9.17) is 4.42 Å². The van der Waals surface area contributed by atoms with E-state index >= 15 is 0 Å². The van der Waals surface area contributed by atoms with Gasteiger partial charge in [0.2, 0.25) is 10.0 Å². The zero-order valence-corrected chi connectivity index (χ0v) is 12.3. The Morgan fingerprint density at radius 2 is 2.20 bits per heavy atom. The van der Waals surface area contributed by atoms with Gasteiger partial charge in [0, 0.05) is 19.8 Å². The van der Waals surface area contributed by atoms with Crippen LogP contribution < -0.4 is 4.72 Å². The van der Waals surface area contributed by atoms with Gasteiger partial charge in [-0.05, 0) is 26.0 Å². The third-order valence-corrected chi connectivity index (χ3v) is 4.22. The van der Waals surface area contributed by atoms with Crippen molar-refractivity contribution in [3.8, 4) is 0 Å². The largest absolute Gasteiger partial charge is 0.463 e. The van der Waals surface area contributed by atoms with Gasteiger partial charge in [-0.25, -0.2) is 13.1 Å². The van der Waals surface area contributed by atoms with Gasteiger partial charge in [0.1, 0.15) is 22.0 Å². The van der Waals surface area contributed by atoms with E-state index in [1.165, 1.54) is 24.0 Å². The van der Waals surface area contributed by atoms with Gasteiger partial charge in [-0.1, -0.05) is 0 Å². The fourth-order valence-corrected chi connectivity index (χ4v) is 2.78. The van der Waals surface area contributed by atoms with Gasteiger partial charge >= 0.3 is 0 Å². The summed E-state index contributed by atoms with van der Waals surface area (Å²) in [4.78, 5) is 0.0476. The molecule has 0 bridgehead atoms. The van der Waals surface area contributed by atoms with Crippen LogP contribution in [-0.2, 0) is 22.7 Å². The molecule has 1 atom stereocenters. The van der Waals surface area contributed by atoms with Crippen LogP contribution in [0.3, 0.4) is 0 Å². The van der Waals surface area contributed by atoms with Gasteiger partial charge in [-0.3, -0.25) is 4.68 Å². The first-order valence-corrected chi connectivity index (χ1v) is 7.47. The standard InChI is InChI=1S/C12H17N3O4S/c1-9-4-5-11(19-9)12(2,16)8-14-20(17,18)10-6-13-15(3)7-10/h4-7,14,16H,8H2,1-3H3/t12-/m0/s1. The molecule has 2 N–H and O–H groups in total. The van der Waals surface area contributed by atoms with Crippen LogP contribution in [0.25, 0.3) is 0 Å². The molecule has 0 aliphatic rings. The molecule has 8 heteroatoms. The van der Waals surface area contributed by atoms with Gasteiger partial charge in [0.05, 0.1) is 6.20 Å². The molecule has 2 aromatic heterocycles. The van der Waals surface area contributed by atoms with Gasteiger partial charge in [-0.15, -0.1) is 0 Å². The smallest absolute Gasteiger partial charge is 0.243 e. The van der Waals surface area contributed by atoms with Gasteiger partial charge in [-0.2, -0.15) is 5.10 Å². The van der Waals surface area contributed by atoms with Crippen molar-refractivity contribution < 1.29 is 17.9 Å². The number of sulfonamides is 1. The first-order chi connectivity index (χ1) is 9.21. The van der Waals surface area contributed by atoms with Crippen molar-refractivity contribution in [2.45, 2.75) is 24.3 Å². The molecule has 0 aliphatic heterocycles. The molecule has 0 unspecified atom stereocenters. The van der Waals surface area contributed by atoms with Crippen LogP contribution in [0.2, 0.25) is 0 Å². The number of nitrogens with zero attached hydrogens (tertiary/aromatic N) is 2. The lowest BCUT2D eigenvalue weighted by molar-refractivity contribution is 0.0387. The fourth-order valence-electron chi connectivity index (χ4n) is 1.67. The summed E-state index contributed by atoms with van der Waals surface area (Å²) in [6.07, 6.45) is 2.63. The summed E-state index contributed by atoms with van der Waals surface area (Å²) in [5.41, 5.74) is -1.43. The third kappa shape index (κ3) is 3.09. The van der Waals surface area contributed by atoms with Crippen LogP contribution >= 0.6 is 0 Å². The molecule has 2 rings (SSSR count). The predicted octanol–water partition coefficient (Wildman–Crippen LogP) is 0.508. The summed E-state index contributed by atoms with van der Waals surface area (Å²) >= 11 is 0. The highest BCUT2D eigenvalue weighted by molar-refractivity contribution is 7.89. The molecule has 0 saturated carbocycles. The highest BCUT2D eigenvalue weighted by Gasteiger charge is 2.29. The van der Waals surface area contributed by atoms with Gasteiger partial charge < -0.3 is 9.52 Å². The number of rotatable bonds is 5. The van der Waals surface area contributed by atoms with E-state index in [-0.39, 0.29) is 11.4 Å². The molecular formula is C12H17N3O4S. The molecule has 2 heterocycles. The van der Waals surface area contributed by atoms with Gasteiger partial charge in [0.15, 0.2) is 0 Å². The molecule has 0 radical (unpaired) electrons. The minimum absolute atomic E-state index is 0.0476. The van der Waals surface area contributed by atoms with E-state index in [0.717, 1.165) is 0 Å². The quantitative estimate of drug-likeness (QED) is 0.838. The molecule has 110 valence electrons. The molecule has 0 aromatic carbocycles. The molecule has 0 amide bonds. The summed E-state index contributed by atoms with van der Waals surface area (Å²) in [6.45, 7) is 3.04. The molecule has 0 saturated heterocycles. The average molecular weight is 299 g/mol. The van der Waals surface area contributed by atoms with Gasteiger partial charge in [0.25, 0.3) is 0 Å². The Balaban J connectivity index is 2.11. The van der Waals surface area contributed by atoms with Crippen molar-refractivity contribution in [1.29, 1.82) is 0 Å². The summed E-state index contributed by atoms with van der Waals surface area (Å²) in [5.74, 6) is 0.958. The Kier molecular flexibility index (Phi) is 3.72. The lowest BCUT2D eigenvalue weighted by Gasteiger charge is -2.20. The Hall–Kier alpha value is -1.64.